The molecule has 0 radical (unpaired) electrons. The second kappa shape index (κ2) is 6.94. The fourth-order valence-electron chi connectivity index (χ4n) is 2.59. The number of hydrogen-bond donors (Lipinski definition) is 0. The molecule has 0 saturated carbocycles. The maximum Gasteiger partial charge on any atom is 0.244 e. The molecule has 0 N–H and O–H groups in total. The Morgan fingerprint density at radius 1 is 1.43 bits per heavy atom. The number of hydrogen-bond acceptors (Lipinski definition) is 4. The van der Waals surface area contributed by atoms with Gasteiger partial charge in [0.1, 0.15) is 10.7 Å². The molecule has 0 bridgehead atoms. The number of aromatic nitrogens is 1. The van der Waals surface area contributed by atoms with Crippen molar-refractivity contribution in [2.75, 3.05) is 38.0 Å². The molecule has 0 spiro atoms. The average molecular weight is 332 g/mol. The van der Waals surface area contributed by atoms with E-state index in [1.807, 2.05) is 0 Å². The Morgan fingerprint density at radius 2 is 2.19 bits per heavy atom. The molecule has 2 rings (SSSR count). The lowest BCUT2D eigenvalue weighted by Gasteiger charge is -2.33. The zero-order valence-corrected chi connectivity index (χ0v) is 14.1. The summed E-state index contributed by atoms with van der Waals surface area (Å²) in [5.41, 5.74) is 0. The number of halogens is 1. The molecule has 1 aromatic heterocycles. The number of piperidine rings is 1. The fraction of sp³-hybridized carbons (Fsp3) is 0.643. The smallest absolute Gasteiger partial charge is 0.244 e. The number of alkyl halides is 1. The first kappa shape index (κ1) is 16.5. The zero-order chi connectivity index (χ0) is 15.5. The number of sulfonamides is 1. The van der Waals surface area contributed by atoms with Gasteiger partial charge in [-0.1, -0.05) is 0 Å². The molecule has 1 aliphatic heterocycles. The number of pyridine rings is 1. The highest BCUT2D eigenvalue weighted by molar-refractivity contribution is 7.89. The number of rotatable bonds is 5. The topological polar surface area (TPSA) is 53.5 Å². The van der Waals surface area contributed by atoms with Crippen LogP contribution < -0.4 is 4.90 Å². The van der Waals surface area contributed by atoms with Gasteiger partial charge in [-0.2, -0.15) is 0 Å². The molecule has 2 heterocycles. The summed E-state index contributed by atoms with van der Waals surface area (Å²) >= 11 is 5.82. The van der Waals surface area contributed by atoms with Crippen molar-refractivity contribution in [1.29, 1.82) is 0 Å². The van der Waals surface area contributed by atoms with Gasteiger partial charge >= 0.3 is 0 Å². The lowest BCUT2D eigenvalue weighted by atomic mass is 9.95. The molecule has 1 unspecified atom stereocenters. The Kier molecular flexibility index (Phi) is 5.46. The van der Waals surface area contributed by atoms with E-state index in [9.17, 15) is 8.42 Å². The van der Waals surface area contributed by atoms with Crippen LogP contribution in [-0.4, -0.2) is 50.8 Å². The van der Waals surface area contributed by atoms with Crippen LogP contribution in [0.3, 0.4) is 0 Å². The van der Waals surface area contributed by atoms with Gasteiger partial charge in [-0.15, -0.1) is 11.6 Å². The van der Waals surface area contributed by atoms with Crippen LogP contribution in [0.25, 0.3) is 0 Å². The van der Waals surface area contributed by atoms with Crippen LogP contribution in [0.1, 0.15) is 19.3 Å². The van der Waals surface area contributed by atoms with Crippen molar-refractivity contribution in [3.63, 3.8) is 0 Å². The molecular formula is C14H22ClN3O2S. The summed E-state index contributed by atoms with van der Waals surface area (Å²) in [5, 5.41) is 0. The molecule has 5 nitrogen and oxygen atoms in total. The summed E-state index contributed by atoms with van der Waals surface area (Å²) in [6.45, 7) is 1.91. The normalized spacial score (nSPS) is 20.0. The van der Waals surface area contributed by atoms with E-state index in [-0.39, 0.29) is 4.90 Å². The van der Waals surface area contributed by atoms with Crippen molar-refractivity contribution in [2.45, 2.75) is 24.2 Å². The van der Waals surface area contributed by atoms with Crippen molar-refractivity contribution in [3.8, 4) is 0 Å². The van der Waals surface area contributed by atoms with Gasteiger partial charge in [0.05, 0.1) is 0 Å². The zero-order valence-electron chi connectivity index (χ0n) is 12.5. The Bertz CT molecular complexity index is 558. The highest BCUT2D eigenvalue weighted by atomic mass is 35.5. The first-order valence-corrected chi connectivity index (χ1v) is 9.12. The van der Waals surface area contributed by atoms with E-state index >= 15 is 0 Å². The van der Waals surface area contributed by atoms with Gasteiger partial charge in [0.15, 0.2) is 0 Å². The van der Waals surface area contributed by atoms with E-state index < -0.39 is 10.0 Å². The highest BCUT2D eigenvalue weighted by Gasteiger charge is 2.22. The van der Waals surface area contributed by atoms with Crippen LogP contribution in [0.2, 0.25) is 0 Å². The van der Waals surface area contributed by atoms with Crippen LogP contribution >= 0.6 is 11.6 Å². The standard InChI is InChI=1S/C14H22ClN3O2S/c1-17(2)21(19,20)13-5-6-14(16-10-13)18-9-3-4-12(11-18)7-8-15/h5-6,10,12H,3-4,7-9,11H2,1-2H3. The van der Waals surface area contributed by atoms with E-state index in [4.69, 9.17) is 11.6 Å². The van der Waals surface area contributed by atoms with Crippen LogP contribution in [0.15, 0.2) is 23.2 Å². The van der Waals surface area contributed by atoms with Gasteiger partial charge in [0, 0.05) is 39.3 Å². The summed E-state index contributed by atoms with van der Waals surface area (Å²) < 4.78 is 25.2. The van der Waals surface area contributed by atoms with Crippen LogP contribution in [-0.2, 0) is 10.0 Å². The quantitative estimate of drug-likeness (QED) is 0.776. The number of nitrogens with zero attached hydrogens (tertiary/aromatic N) is 3. The Hall–Kier alpha value is -0.850. The minimum absolute atomic E-state index is 0.227. The van der Waals surface area contributed by atoms with Gasteiger partial charge in [0.2, 0.25) is 10.0 Å². The summed E-state index contributed by atoms with van der Waals surface area (Å²) in [4.78, 5) is 6.78. The summed E-state index contributed by atoms with van der Waals surface area (Å²) in [6.07, 6.45) is 4.79. The van der Waals surface area contributed by atoms with E-state index in [0.717, 1.165) is 31.7 Å². The minimum atomic E-state index is -3.41. The molecule has 1 fully saturated rings. The molecule has 21 heavy (non-hydrogen) atoms. The maximum absolute atomic E-state index is 12.0. The van der Waals surface area contributed by atoms with Gasteiger partial charge in [0.25, 0.3) is 0 Å². The molecule has 0 amide bonds. The number of anilines is 1. The SMILES string of the molecule is CN(C)S(=O)(=O)c1ccc(N2CCCC(CCCl)C2)nc1. The van der Waals surface area contributed by atoms with Gasteiger partial charge < -0.3 is 4.90 Å². The monoisotopic (exact) mass is 331 g/mol. The first-order chi connectivity index (χ1) is 9.95. The summed E-state index contributed by atoms with van der Waals surface area (Å²) in [7, 11) is -0.372. The Labute approximate surface area is 132 Å². The molecule has 118 valence electrons. The van der Waals surface area contributed by atoms with E-state index in [0.29, 0.717) is 11.8 Å². The Morgan fingerprint density at radius 3 is 2.76 bits per heavy atom. The van der Waals surface area contributed by atoms with E-state index in [1.165, 1.54) is 31.0 Å². The minimum Gasteiger partial charge on any atom is -0.356 e. The lowest BCUT2D eigenvalue weighted by molar-refractivity contribution is 0.404. The molecule has 1 aromatic rings. The van der Waals surface area contributed by atoms with E-state index in [1.54, 1.807) is 12.1 Å². The van der Waals surface area contributed by atoms with Crippen molar-refractivity contribution in [3.05, 3.63) is 18.3 Å². The van der Waals surface area contributed by atoms with Crippen molar-refractivity contribution in [2.24, 2.45) is 5.92 Å². The predicted octanol–water partition coefficient (Wildman–Crippen LogP) is 2.18. The maximum atomic E-state index is 12.0. The second-order valence-corrected chi connectivity index (χ2v) is 8.10. The molecular weight excluding hydrogens is 310 g/mol. The average Bonchev–Trinajstić information content (AvgIpc) is 2.48. The van der Waals surface area contributed by atoms with Gasteiger partial charge in [-0.3, -0.25) is 0 Å². The van der Waals surface area contributed by atoms with Crippen molar-refractivity contribution < 1.29 is 8.42 Å². The third-order valence-electron chi connectivity index (χ3n) is 3.86. The fourth-order valence-corrected chi connectivity index (χ4v) is 3.74. The largest absolute Gasteiger partial charge is 0.356 e. The van der Waals surface area contributed by atoms with Crippen LogP contribution in [0, 0.1) is 5.92 Å². The van der Waals surface area contributed by atoms with E-state index in [2.05, 4.69) is 9.88 Å². The van der Waals surface area contributed by atoms with Crippen molar-refractivity contribution in [1.82, 2.24) is 9.29 Å². The van der Waals surface area contributed by atoms with Gasteiger partial charge in [-0.25, -0.2) is 17.7 Å². The molecule has 0 aliphatic carbocycles. The second-order valence-electron chi connectivity index (χ2n) is 5.57. The van der Waals surface area contributed by atoms with Gasteiger partial charge in [-0.05, 0) is 37.3 Å². The lowest BCUT2D eigenvalue weighted by Crippen LogP contribution is -2.36. The molecule has 1 saturated heterocycles. The summed E-state index contributed by atoms with van der Waals surface area (Å²) in [6, 6.07) is 3.42. The molecule has 0 aromatic carbocycles. The Balaban J connectivity index is 2.12. The van der Waals surface area contributed by atoms with Crippen LogP contribution in [0.5, 0.6) is 0 Å². The van der Waals surface area contributed by atoms with Crippen molar-refractivity contribution >= 4 is 27.4 Å². The summed E-state index contributed by atoms with van der Waals surface area (Å²) in [5.74, 6) is 2.13. The molecule has 1 aliphatic rings. The first-order valence-electron chi connectivity index (χ1n) is 7.14. The molecule has 1 atom stereocenters. The van der Waals surface area contributed by atoms with Crippen LogP contribution in [0.4, 0.5) is 5.82 Å². The third-order valence-corrected chi connectivity index (χ3v) is 5.88. The predicted molar refractivity (Wildman–Crippen MR) is 85.4 cm³/mol. The highest BCUT2D eigenvalue weighted by Crippen LogP contribution is 2.24. The third kappa shape index (κ3) is 3.87. The molecule has 7 heteroatoms.